The van der Waals surface area contributed by atoms with Crippen molar-refractivity contribution >= 4 is 5.65 Å². The Morgan fingerprint density at radius 1 is 1.22 bits per heavy atom. The van der Waals surface area contributed by atoms with Gasteiger partial charge in [-0.2, -0.15) is 0 Å². The highest BCUT2D eigenvalue weighted by Crippen LogP contribution is 2.28. The van der Waals surface area contributed by atoms with Gasteiger partial charge in [0.15, 0.2) is 0 Å². The summed E-state index contributed by atoms with van der Waals surface area (Å²) in [5, 5.41) is 0. The first-order valence-corrected chi connectivity index (χ1v) is 9.06. The molecule has 1 aliphatic rings. The van der Waals surface area contributed by atoms with Gasteiger partial charge in [-0.3, -0.25) is 9.69 Å². The summed E-state index contributed by atoms with van der Waals surface area (Å²) in [6.07, 6.45) is 5.98. The number of piperidine rings is 1. The SMILES string of the molecule is Cc1cc(-c2ccc3ncc(CN4CCCC(F)(F)C4)n3c2)cn(C)c1=O. The second-order valence-electron chi connectivity index (χ2n) is 7.39. The molecule has 142 valence electrons. The molecule has 1 aliphatic heterocycles. The number of nitrogens with zero attached hydrogens (tertiary/aromatic N) is 4. The van der Waals surface area contributed by atoms with Gasteiger partial charge in [0.25, 0.3) is 11.5 Å². The third-order valence-corrected chi connectivity index (χ3v) is 5.14. The van der Waals surface area contributed by atoms with E-state index in [-0.39, 0.29) is 18.5 Å². The van der Waals surface area contributed by atoms with Crippen molar-refractivity contribution in [3.05, 3.63) is 58.4 Å². The Labute approximate surface area is 155 Å². The highest BCUT2D eigenvalue weighted by Gasteiger charge is 2.35. The smallest absolute Gasteiger partial charge is 0.260 e. The minimum Gasteiger partial charge on any atom is -0.318 e. The Kier molecular flexibility index (Phi) is 4.34. The lowest BCUT2D eigenvalue weighted by atomic mass is 10.1. The number of halogens is 2. The number of aryl methyl sites for hydroxylation is 2. The van der Waals surface area contributed by atoms with Crippen LogP contribution >= 0.6 is 0 Å². The third kappa shape index (κ3) is 3.51. The van der Waals surface area contributed by atoms with Gasteiger partial charge in [-0.25, -0.2) is 13.8 Å². The third-order valence-electron chi connectivity index (χ3n) is 5.14. The Hall–Kier alpha value is -2.54. The van der Waals surface area contributed by atoms with E-state index in [4.69, 9.17) is 0 Å². The first kappa shape index (κ1) is 17.9. The van der Waals surface area contributed by atoms with Crippen LogP contribution in [0.15, 0.2) is 41.6 Å². The number of aromatic nitrogens is 3. The van der Waals surface area contributed by atoms with E-state index in [2.05, 4.69) is 4.98 Å². The second-order valence-corrected chi connectivity index (χ2v) is 7.39. The molecule has 0 atom stereocenters. The molecule has 0 saturated carbocycles. The van der Waals surface area contributed by atoms with Crippen LogP contribution in [0.4, 0.5) is 8.78 Å². The summed E-state index contributed by atoms with van der Waals surface area (Å²) in [7, 11) is 1.73. The van der Waals surface area contributed by atoms with Crippen molar-refractivity contribution in [2.75, 3.05) is 13.1 Å². The average molecular weight is 372 g/mol. The molecule has 0 aromatic carbocycles. The number of pyridine rings is 2. The van der Waals surface area contributed by atoms with Gasteiger partial charge in [0.05, 0.1) is 18.4 Å². The Morgan fingerprint density at radius 2 is 2.04 bits per heavy atom. The molecule has 4 heterocycles. The lowest BCUT2D eigenvalue weighted by Crippen LogP contribution is -2.42. The first-order chi connectivity index (χ1) is 12.8. The van der Waals surface area contributed by atoms with Crippen molar-refractivity contribution < 1.29 is 8.78 Å². The topological polar surface area (TPSA) is 42.5 Å². The Morgan fingerprint density at radius 3 is 2.78 bits per heavy atom. The van der Waals surface area contributed by atoms with Crippen LogP contribution in [-0.4, -0.2) is 37.9 Å². The van der Waals surface area contributed by atoms with Crippen LogP contribution in [-0.2, 0) is 13.6 Å². The predicted octanol–water partition coefficient (Wildman–Crippen LogP) is 3.24. The number of hydrogen-bond acceptors (Lipinski definition) is 3. The minimum atomic E-state index is -2.61. The summed E-state index contributed by atoms with van der Waals surface area (Å²) in [4.78, 5) is 18.1. The maximum Gasteiger partial charge on any atom is 0.260 e. The van der Waals surface area contributed by atoms with Crippen LogP contribution in [0.2, 0.25) is 0 Å². The molecule has 0 spiro atoms. The van der Waals surface area contributed by atoms with E-state index in [1.807, 2.05) is 28.8 Å². The Balaban J connectivity index is 1.68. The lowest BCUT2D eigenvalue weighted by molar-refractivity contribution is -0.0664. The molecule has 4 rings (SSSR count). The van der Waals surface area contributed by atoms with E-state index in [0.29, 0.717) is 25.1 Å². The van der Waals surface area contributed by atoms with Crippen LogP contribution in [0.5, 0.6) is 0 Å². The zero-order valence-electron chi connectivity index (χ0n) is 15.5. The largest absolute Gasteiger partial charge is 0.318 e. The van der Waals surface area contributed by atoms with E-state index < -0.39 is 5.92 Å². The number of likely N-dealkylation sites (tertiary alicyclic amines) is 1. The van der Waals surface area contributed by atoms with Crippen LogP contribution in [0, 0.1) is 6.92 Å². The van der Waals surface area contributed by atoms with Crippen molar-refractivity contribution in [1.82, 2.24) is 18.9 Å². The van der Waals surface area contributed by atoms with Gasteiger partial charge in [0.2, 0.25) is 0 Å². The molecule has 0 radical (unpaired) electrons. The molecule has 0 bridgehead atoms. The summed E-state index contributed by atoms with van der Waals surface area (Å²) >= 11 is 0. The maximum atomic E-state index is 13.7. The number of alkyl halides is 2. The number of rotatable bonds is 3. The summed E-state index contributed by atoms with van der Waals surface area (Å²) in [5.41, 5.74) is 4.20. The number of fused-ring (bicyclic) bond motifs is 1. The number of imidazole rings is 1. The van der Waals surface area contributed by atoms with Crippen molar-refractivity contribution in [2.24, 2.45) is 7.05 Å². The molecule has 0 N–H and O–H groups in total. The van der Waals surface area contributed by atoms with Gasteiger partial charge in [-0.05, 0) is 49.2 Å². The molecule has 3 aromatic rings. The molecule has 7 heteroatoms. The standard InChI is InChI=1S/C20H22F2N4O/c1-14-8-16(10-24(2)19(14)27)15-4-5-18-23-9-17(26(18)11-15)12-25-7-3-6-20(21,22)13-25/h4-5,8-11H,3,6-7,12-13H2,1-2H3. The van der Waals surface area contributed by atoms with Crippen LogP contribution in [0.3, 0.4) is 0 Å². The van der Waals surface area contributed by atoms with E-state index >= 15 is 0 Å². The molecule has 0 unspecified atom stereocenters. The maximum absolute atomic E-state index is 13.7. The summed E-state index contributed by atoms with van der Waals surface area (Å²) in [6, 6.07) is 5.73. The summed E-state index contributed by atoms with van der Waals surface area (Å²) in [6.45, 7) is 2.69. The highest BCUT2D eigenvalue weighted by atomic mass is 19.3. The molecule has 0 aliphatic carbocycles. The van der Waals surface area contributed by atoms with Gasteiger partial charge < -0.3 is 8.97 Å². The van der Waals surface area contributed by atoms with Crippen molar-refractivity contribution in [3.63, 3.8) is 0 Å². The molecular weight excluding hydrogens is 350 g/mol. The first-order valence-electron chi connectivity index (χ1n) is 9.06. The zero-order chi connectivity index (χ0) is 19.2. The fourth-order valence-corrected chi connectivity index (χ4v) is 3.76. The van der Waals surface area contributed by atoms with Crippen molar-refractivity contribution in [2.45, 2.75) is 32.2 Å². The molecular formula is C20H22F2N4O. The molecule has 0 amide bonds. The predicted molar refractivity (Wildman–Crippen MR) is 100 cm³/mol. The second kappa shape index (κ2) is 6.56. The van der Waals surface area contributed by atoms with Gasteiger partial charge in [-0.1, -0.05) is 0 Å². The number of hydrogen-bond donors (Lipinski definition) is 0. The van der Waals surface area contributed by atoms with Gasteiger partial charge in [0, 0.05) is 38.0 Å². The van der Waals surface area contributed by atoms with Gasteiger partial charge >= 0.3 is 0 Å². The van der Waals surface area contributed by atoms with Crippen LogP contribution in [0.25, 0.3) is 16.8 Å². The minimum absolute atomic E-state index is 0.0193. The molecule has 5 nitrogen and oxygen atoms in total. The fourth-order valence-electron chi connectivity index (χ4n) is 3.76. The highest BCUT2D eigenvalue weighted by molar-refractivity contribution is 5.64. The van der Waals surface area contributed by atoms with Crippen LogP contribution in [0.1, 0.15) is 24.1 Å². The van der Waals surface area contributed by atoms with E-state index in [9.17, 15) is 13.6 Å². The molecule has 1 fully saturated rings. The van der Waals surface area contributed by atoms with Gasteiger partial charge in [0.1, 0.15) is 5.65 Å². The van der Waals surface area contributed by atoms with E-state index in [1.54, 1.807) is 35.8 Å². The monoisotopic (exact) mass is 372 g/mol. The average Bonchev–Trinajstić information content (AvgIpc) is 3.00. The Bertz CT molecular complexity index is 1030. The normalized spacial score (nSPS) is 17.5. The fraction of sp³-hybridized carbons (Fsp3) is 0.400. The van der Waals surface area contributed by atoms with E-state index in [1.165, 1.54) is 0 Å². The van der Waals surface area contributed by atoms with Crippen molar-refractivity contribution in [1.29, 1.82) is 0 Å². The molecule has 27 heavy (non-hydrogen) atoms. The zero-order valence-corrected chi connectivity index (χ0v) is 15.5. The quantitative estimate of drug-likeness (QED) is 0.709. The van der Waals surface area contributed by atoms with E-state index in [0.717, 1.165) is 22.5 Å². The molecule has 1 saturated heterocycles. The van der Waals surface area contributed by atoms with Crippen molar-refractivity contribution in [3.8, 4) is 11.1 Å². The summed E-state index contributed by atoms with van der Waals surface area (Å²) in [5.74, 6) is -2.61. The van der Waals surface area contributed by atoms with Crippen LogP contribution < -0.4 is 5.56 Å². The summed E-state index contributed by atoms with van der Waals surface area (Å²) < 4.78 is 30.9. The molecule has 3 aromatic heterocycles. The lowest BCUT2D eigenvalue weighted by Gasteiger charge is -2.32. The van der Waals surface area contributed by atoms with Gasteiger partial charge in [-0.15, -0.1) is 0 Å².